The van der Waals surface area contributed by atoms with E-state index < -0.39 is 11.7 Å². The quantitative estimate of drug-likeness (QED) is 0.643. The summed E-state index contributed by atoms with van der Waals surface area (Å²) in [6.45, 7) is 2.78. The zero-order valence-corrected chi connectivity index (χ0v) is 11.3. The van der Waals surface area contributed by atoms with E-state index >= 15 is 0 Å². The summed E-state index contributed by atoms with van der Waals surface area (Å²) in [5, 5.41) is 7.55. The monoisotopic (exact) mass is 285 g/mol. The van der Waals surface area contributed by atoms with Crippen LogP contribution in [0.2, 0.25) is 0 Å². The molecule has 1 aliphatic carbocycles. The summed E-state index contributed by atoms with van der Waals surface area (Å²) in [5.41, 5.74) is 5.51. The molecule has 1 aromatic carbocycles. The molecule has 6 heteroatoms. The Bertz CT molecular complexity index is 507. The molecule has 1 saturated carbocycles. The Morgan fingerprint density at radius 1 is 1.40 bits per heavy atom. The molecule has 0 radical (unpaired) electrons. The largest absolute Gasteiger partial charge is 0.416 e. The lowest BCUT2D eigenvalue weighted by molar-refractivity contribution is -0.137. The summed E-state index contributed by atoms with van der Waals surface area (Å²) in [4.78, 5) is 2.07. The van der Waals surface area contributed by atoms with Gasteiger partial charge in [0.25, 0.3) is 0 Å². The zero-order chi connectivity index (χ0) is 14.9. The van der Waals surface area contributed by atoms with Crippen molar-refractivity contribution in [3.8, 4) is 0 Å². The van der Waals surface area contributed by atoms with Crippen LogP contribution in [0, 0.1) is 5.41 Å². The highest BCUT2D eigenvalue weighted by atomic mass is 19.4. The van der Waals surface area contributed by atoms with Crippen LogP contribution < -0.4 is 10.6 Å². The summed E-state index contributed by atoms with van der Waals surface area (Å²) in [5.74, 6) is -0.326. The van der Waals surface area contributed by atoms with Crippen molar-refractivity contribution < 1.29 is 13.2 Å². The van der Waals surface area contributed by atoms with Gasteiger partial charge in [0.05, 0.1) is 5.56 Å². The van der Waals surface area contributed by atoms with Gasteiger partial charge in [0.15, 0.2) is 0 Å². The van der Waals surface area contributed by atoms with Crippen molar-refractivity contribution in [2.24, 2.45) is 5.73 Å². The van der Waals surface area contributed by atoms with E-state index in [1.807, 2.05) is 6.92 Å². The average molecular weight is 285 g/mol. The van der Waals surface area contributed by atoms with Crippen LogP contribution in [-0.4, -0.2) is 18.4 Å². The number of anilines is 1. The number of rotatable bonds is 5. The molecule has 3 nitrogen and oxygen atoms in total. The number of nitrogens with two attached hydrogens (primary N) is 1. The first-order valence-corrected chi connectivity index (χ1v) is 6.67. The highest BCUT2D eigenvalue weighted by Crippen LogP contribution is 2.37. The standard InChI is InChI=1S/C14H18F3N3/c1-2-7-20(10-4-5-10)12-6-3-9(14(15,16)17)8-11(12)13(18)19/h3,6,8,10H,2,4-5,7H2,1H3,(H3,18,19). The molecule has 0 unspecified atom stereocenters. The zero-order valence-electron chi connectivity index (χ0n) is 11.3. The van der Waals surface area contributed by atoms with E-state index in [0.717, 1.165) is 37.9 Å². The topological polar surface area (TPSA) is 53.1 Å². The Labute approximate surface area is 116 Å². The van der Waals surface area contributed by atoms with Crippen LogP contribution in [0.25, 0.3) is 0 Å². The minimum Gasteiger partial charge on any atom is -0.384 e. The van der Waals surface area contributed by atoms with Crippen molar-refractivity contribution in [3.63, 3.8) is 0 Å². The van der Waals surface area contributed by atoms with Crippen molar-refractivity contribution >= 4 is 11.5 Å². The minimum absolute atomic E-state index is 0.167. The predicted molar refractivity (Wildman–Crippen MR) is 73.1 cm³/mol. The van der Waals surface area contributed by atoms with E-state index in [9.17, 15) is 13.2 Å². The molecule has 0 saturated heterocycles. The summed E-state index contributed by atoms with van der Waals surface area (Å²) in [7, 11) is 0. The molecule has 1 aliphatic rings. The molecule has 3 N–H and O–H groups in total. The predicted octanol–water partition coefficient (Wildman–Crippen LogP) is 3.37. The number of benzene rings is 1. The Kier molecular flexibility index (Phi) is 3.92. The summed E-state index contributed by atoms with van der Waals surface area (Å²) >= 11 is 0. The number of nitrogen functional groups attached to an aromatic ring is 1. The first-order valence-electron chi connectivity index (χ1n) is 6.67. The number of hydrogen-bond acceptors (Lipinski definition) is 2. The molecule has 0 heterocycles. The number of amidine groups is 1. The number of halogens is 3. The van der Waals surface area contributed by atoms with E-state index in [-0.39, 0.29) is 11.4 Å². The average Bonchev–Trinajstić information content (AvgIpc) is 3.18. The Hall–Kier alpha value is -1.72. The number of alkyl halides is 3. The maximum atomic E-state index is 12.8. The van der Waals surface area contributed by atoms with Gasteiger partial charge in [0, 0.05) is 23.8 Å². The van der Waals surface area contributed by atoms with Crippen molar-refractivity contribution in [1.29, 1.82) is 5.41 Å². The third kappa shape index (κ3) is 3.05. The third-order valence-electron chi connectivity index (χ3n) is 3.38. The molecule has 0 bridgehead atoms. The van der Waals surface area contributed by atoms with Gasteiger partial charge < -0.3 is 10.6 Å². The van der Waals surface area contributed by atoms with Crippen LogP contribution in [0.5, 0.6) is 0 Å². The molecular formula is C14H18F3N3. The lowest BCUT2D eigenvalue weighted by Gasteiger charge is -2.27. The van der Waals surface area contributed by atoms with Gasteiger partial charge in [-0.2, -0.15) is 13.2 Å². The van der Waals surface area contributed by atoms with Crippen LogP contribution in [-0.2, 0) is 6.18 Å². The van der Waals surface area contributed by atoms with Crippen molar-refractivity contribution in [2.45, 2.75) is 38.4 Å². The van der Waals surface area contributed by atoms with Crippen LogP contribution in [0.15, 0.2) is 18.2 Å². The van der Waals surface area contributed by atoms with E-state index in [0.29, 0.717) is 11.7 Å². The van der Waals surface area contributed by atoms with Gasteiger partial charge in [0.2, 0.25) is 0 Å². The van der Waals surface area contributed by atoms with Crippen molar-refractivity contribution in [1.82, 2.24) is 0 Å². The Balaban J connectivity index is 2.44. The van der Waals surface area contributed by atoms with E-state index in [2.05, 4.69) is 4.90 Å². The third-order valence-corrected chi connectivity index (χ3v) is 3.38. The molecule has 110 valence electrons. The molecule has 1 aromatic rings. The maximum absolute atomic E-state index is 12.8. The highest BCUT2D eigenvalue weighted by molar-refractivity contribution is 6.00. The van der Waals surface area contributed by atoms with Gasteiger partial charge in [-0.25, -0.2) is 0 Å². The number of hydrogen-bond donors (Lipinski definition) is 2. The van der Waals surface area contributed by atoms with Gasteiger partial charge >= 0.3 is 6.18 Å². The number of nitrogens with zero attached hydrogens (tertiary/aromatic N) is 1. The summed E-state index contributed by atoms with van der Waals surface area (Å²) < 4.78 is 38.3. The van der Waals surface area contributed by atoms with E-state index in [1.165, 1.54) is 6.07 Å². The highest BCUT2D eigenvalue weighted by Gasteiger charge is 2.34. The number of nitrogens with one attached hydrogen (secondary N) is 1. The smallest absolute Gasteiger partial charge is 0.384 e. The molecule has 0 aliphatic heterocycles. The van der Waals surface area contributed by atoms with Crippen molar-refractivity contribution in [3.05, 3.63) is 29.3 Å². The molecular weight excluding hydrogens is 267 g/mol. The summed E-state index contributed by atoms with van der Waals surface area (Å²) in [6, 6.07) is 3.84. The minimum atomic E-state index is -4.42. The van der Waals surface area contributed by atoms with Gasteiger partial charge in [-0.3, -0.25) is 5.41 Å². The SMILES string of the molecule is CCCN(c1ccc(C(F)(F)F)cc1C(=N)N)C1CC1. The second-order valence-corrected chi connectivity index (χ2v) is 5.07. The Morgan fingerprint density at radius 2 is 2.05 bits per heavy atom. The van der Waals surface area contributed by atoms with Crippen LogP contribution in [0.1, 0.15) is 37.3 Å². The van der Waals surface area contributed by atoms with Gasteiger partial charge in [0.1, 0.15) is 5.84 Å². The molecule has 0 spiro atoms. The molecule has 20 heavy (non-hydrogen) atoms. The van der Waals surface area contributed by atoms with E-state index in [4.69, 9.17) is 11.1 Å². The van der Waals surface area contributed by atoms with Crippen LogP contribution in [0.3, 0.4) is 0 Å². The first kappa shape index (κ1) is 14.7. The Morgan fingerprint density at radius 3 is 2.50 bits per heavy atom. The fraction of sp³-hybridized carbons (Fsp3) is 0.500. The molecule has 2 rings (SSSR count). The van der Waals surface area contributed by atoms with Gasteiger partial charge in [-0.15, -0.1) is 0 Å². The van der Waals surface area contributed by atoms with Gasteiger partial charge in [-0.05, 0) is 37.5 Å². The van der Waals surface area contributed by atoms with Crippen LogP contribution >= 0.6 is 0 Å². The lowest BCUT2D eigenvalue weighted by Crippen LogP contribution is -2.29. The second kappa shape index (κ2) is 5.34. The normalized spacial score (nSPS) is 15.2. The molecule has 0 amide bonds. The molecule has 0 atom stereocenters. The second-order valence-electron chi connectivity index (χ2n) is 5.07. The fourth-order valence-corrected chi connectivity index (χ4v) is 2.31. The summed E-state index contributed by atoms with van der Waals surface area (Å²) in [6.07, 6.45) is -1.44. The van der Waals surface area contributed by atoms with Gasteiger partial charge in [-0.1, -0.05) is 6.92 Å². The maximum Gasteiger partial charge on any atom is 0.416 e. The molecule has 0 aromatic heterocycles. The van der Waals surface area contributed by atoms with Crippen LogP contribution in [0.4, 0.5) is 18.9 Å². The lowest BCUT2D eigenvalue weighted by atomic mass is 10.1. The van der Waals surface area contributed by atoms with Crippen molar-refractivity contribution in [2.75, 3.05) is 11.4 Å². The van der Waals surface area contributed by atoms with E-state index in [1.54, 1.807) is 0 Å². The molecule has 1 fully saturated rings. The fourth-order valence-electron chi connectivity index (χ4n) is 2.31. The first-order chi connectivity index (χ1) is 9.34.